The van der Waals surface area contributed by atoms with Gasteiger partial charge in [-0.3, -0.25) is 4.90 Å². The molecule has 0 aromatic rings. The van der Waals surface area contributed by atoms with Crippen LogP contribution in [0.2, 0.25) is 0 Å². The zero-order valence-corrected chi connectivity index (χ0v) is 12.3. The molecule has 17 heavy (non-hydrogen) atoms. The molecule has 0 radical (unpaired) electrons. The molecule has 2 fully saturated rings. The van der Waals surface area contributed by atoms with Crippen LogP contribution >= 0.6 is 0 Å². The monoisotopic (exact) mass is 238 g/mol. The highest BCUT2D eigenvalue weighted by atomic mass is 15.3. The second-order valence-electron chi connectivity index (χ2n) is 7.21. The van der Waals surface area contributed by atoms with Crippen molar-refractivity contribution in [3.05, 3.63) is 0 Å². The third-order valence-electron chi connectivity index (χ3n) is 5.30. The molecule has 2 heteroatoms. The van der Waals surface area contributed by atoms with E-state index < -0.39 is 0 Å². The van der Waals surface area contributed by atoms with Crippen molar-refractivity contribution in [1.29, 1.82) is 0 Å². The van der Waals surface area contributed by atoms with Gasteiger partial charge in [0, 0.05) is 30.7 Å². The molecule has 2 nitrogen and oxygen atoms in total. The molecule has 1 heterocycles. The first-order valence-electron chi connectivity index (χ1n) is 7.39. The molecule has 1 saturated heterocycles. The van der Waals surface area contributed by atoms with E-state index in [0.29, 0.717) is 17.0 Å². The van der Waals surface area contributed by atoms with Crippen LogP contribution in [-0.4, -0.2) is 35.6 Å². The molecular formula is C15H30N2. The maximum absolute atomic E-state index is 3.73. The van der Waals surface area contributed by atoms with Crippen molar-refractivity contribution in [1.82, 2.24) is 10.2 Å². The minimum atomic E-state index is 0.325. The normalized spacial score (nSPS) is 42.9. The fourth-order valence-corrected chi connectivity index (χ4v) is 3.70. The largest absolute Gasteiger partial charge is 0.309 e. The van der Waals surface area contributed by atoms with Gasteiger partial charge >= 0.3 is 0 Å². The van der Waals surface area contributed by atoms with Crippen molar-refractivity contribution in [2.75, 3.05) is 13.1 Å². The summed E-state index contributed by atoms with van der Waals surface area (Å²) < 4.78 is 0. The summed E-state index contributed by atoms with van der Waals surface area (Å²) >= 11 is 0. The van der Waals surface area contributed by atoms with Crippen LogP contribution in [0.25, 0.3) is 0 Å². The third-order valence-corrected chi connectivity index (χ3v) is 5.30. The van der Waals surface area contributed by atoms with Gasteiger partial charge in [-0.1, -0.05) is 27.2 Å². The summed E-state index contributed by atoms with van der Waals surface area (Å²) in [7, 11) is 0. The van der Waals surface area contributed by atoms with Crippen LogP contribution in [0.4, 0.5) is 0 Å². The fourth-order valence-electron chi connectivity index (χ4n) is 3.70. The Bertz CT molecular complexity index is 274. The Kier molecular flexibility index (Phi) is 3.57. The number of rotatable bonds is 2. The van der Waals surface area contributed by atoms with Crippen molar-refractivity contribution in [2.24, 2.45) is 5.41 Å². The molecule has 2 rings (SSSR count). The molecule has 1 saturated carbocycles. The lowest BCUT2D eigenvalue weighted by Gasteiger charge is -2.50. The molecule has 3 unspecified atom stereocenters. The van der Waals surface area contributed by atoms with Gasteiger partial charge < -0.3 is 5.32 Å². The summed E-state index contributed by atoms with van der Waals surface area (Å²) in [5.74, 6) is 0. The van der Waals surface area contributed by atoms with E-state index in [1.807, 2.05) is 0 Å². The van der Waals surface area contributed by atoms with Crippen LogP contribution in [0, 0.1) is 5.41 Å². The van der Waals surface area contributed by atoms with Crippen LogP contribution in [0.15, 0.2) is 0 Å². The zero-order valence-electron chi connectivity index (χ0n) is 12.3. The lowest BCUT2D eigenvalue weighted by atomic mass is 9.83. The number of piperazine rings is 1. The van der Waals surface area contributed by atoms with Crippen molar-refractivity contribution >= 4 is 0 Å². The average Bonchev–Trinajstić information content (AvgIpc) is 2.62. The molecule has 1 aliphatic carbocycles. The molecule has 100 valence electrons. The lowest BCUT2D eigenvalue weighted by molar-refractivity contribution is 0.0164. The Labute approximate surface area is 107 Å². The SMILES string of the molecule is CCC1(C)CN(C2CCCC2(C)C)C(C)CN1. The smallest absolute Gasteiger partial charge is 0.0278 e. The van der Waals surface area contributed by atoms with Crippen molar-refractivity contribution < 1.29 is 0 Å². The van der Waals surface area contributed by atoms with Crippen molar-refractivity contribution in [2.45, 2.75) is 77.9 Å². The third kappa shape index (κ3) is 2.53. The summed E-state index contributed by atoms with van der Waals surface area (Å²) in [6, 6.07) is 1.49. The summed E-state index contributed by atoms with van der Waals surface area (Å²) in [6.07, 6.45) is 5.44. The zero-order chi connectivity index (χ0) is 12.7. The van der Waals surface area contributed by atoms with Crippen molar-refractivity contribution in [3.8, 4) is 0 Å². The van der Waals surface area contributed by atoms with Crippen LogP contribution < -0.4 is 5.32 Å². The van der Waals surface area contributed by atoms with Gasteiger partial charge in [0.2, 0.25) is 0 Å². The second-order valence-corrected chi connectivity index (χ2v) is 7.21. The number of hydrogen-bond acceptors (Lipinski definition) is 2. The summed E-state index contributed by atoms with van der Waals surface area (Å²) in [6.45, 7) is 14.4. The van der Waals surface area contributed by atoms with E-state index in [2.05, 4.69) is 44.8 Å². The van der Waals surface area contributed by atoms with Crippen LogP contribution in [-0.2, 0) is 0 Å². The predicted molar refractivity (Wildman–Crippen MR) is 74.3 cm³/mol. The predicted octanol–water partition coefficient (Wildman–Crippen LogP) is 3.03. The van der Waals surface area contributed by atoms with Gasteiger partial charge in [-0.15, -0.1) is 0 Å². The molecule has 2 aliphatic rings. The van der Waals surface area contributed by atoms with Gasteiger partial charge in [-0.05, 0) is 38.5 Å². The highest BCUT2D eigenvalue weighted by Gasteiger charge is 2.43. The van der Waals surface area contributed by atoms with E-state index >= 15 is 0 Å². The Morgan fingerprint density at radius 3 is 2.53 bits per heavy atom. The molecule has 0 amide bonds. The van der Waals surface area contributed by atoms with E-state index in [4.69, 9.17) is 0 Å². The number of nitrogens with zero attached hydrogens (tertiary/aromatic N) is 1. The maximum Gasteiger partial charge on any atom is 0.0278 e. The second kappa shape index (κ2) is 4.55. The number of nitrogens with one attached hydrogen (secondary N) is 1. The maximum atomic E-state index is 3.73. The van der Waals surface area contributed by atoms with Crippen LogP contribution in [0.3, 0.4) is 0 Å². The van der Waals surface area contributed by atoms with E-state index in [0.717, 1.165) is 12.6 Å². The van der Waals surface area contributed by atoms with Gasteiger partial charge in [-0.25, -0.2) is 0 Å². The molecule has 1 N–H and O–H groups in total. The summed E-state index contributed by atoms with van der Waals surface area (Å²) in [5, 5.41) is 3.73. The van der Waals surface area contributed by atoms with E-state index in [1.54, 1.807) is 0 Å². The van der Waals surface area contributed by atoms with E-state index in [-0.39, 0.29) is 0 Å². The van der Waals surface area contributed by atoms with Crippen LogP contribution in [0.1, 0.15) is 60.3 Å². The Morgan fingerprint density at radius 2 is 2.00 bits per heavy atom. The molecule has 1 aliphatic heterocycles. The first-order valence-corrected chi connectivity index (χ1v) is 7.39. The van der Waals surface area contributed by atoms with Gasteiger partial charge in [0.1, 0.15) is 0 Å². The van der Waals surface area contributed by atoms with Gasteiger partial charge in [0.15, 0.2) is 0 Å². The molecule has 0 bridgehead atoms. The van der Waals surface area contributed by atoms with E-state index in [1.165, 1.54) is 32.2 Å². The minimum absolute atomic E-state index is 0.325. The lowest BCUT2D eigenvalue weighted by Crippen LogP contribution is -2.65. The molecule has 0 aromatic heterocycles. The Balaban J connectivity index is 2.13. The minimum Gasteiger partial charge on any atom is -0.309 e. The highest BCUT2D eigenvalue weighted by molar-refractivity contribution is 5.00. The van der Waals surface area contributed by atoms with E-state index in [9.17, 15) is 0 Å². The quantitative estimate of drug-likeness (QED) is 0.795. The molecule has 0 aromatic carbocycles. The molecule has 0 spiro atoms. The number of hydrogen-bond donors (Lipinski definition) is 1. The standard InChI is InChI=1S/C15H30N2/c1-6-15(5)11-17(12(2)10-16-15)13-8-7-9-14(13,3)4/h12-13,16H,6-11H2,1-5H3. The van der Waals surface area contributed by atoms with Gasteiger partial charge in [0.25, 0.3) is 0 Å². The molecule has 3 atom stereocenters. The Morgan fingerprint density at radius 1 is 1.29 bits per heavy atom. The summed E-state index contributed by atoms with van der Waals surface area (Å²) in [5.41, 5.74) is 0.839. The summed E-state index contributed by atoms with van der Waals surface area (Å²) in [4.78, 5) is 2.80. The highest BCUT2D eigenvalue weighted by Crippen LogP contribution is 2.42. The average molecular weight is 238 g/mol. The van der Waals surface area contributed by atoms with Crippen molar-refractivity contribution in [3.63, 3.8) is 0 Å². The first kappa shape index (κ1) is 13.4. The Hall–Kier alpha value is -0.0800. The van der Waals surface area contributed by atoms with Gasteiger partial charge in [-0.2, -0.15) is 0 Å². The molecular weight excluding hydrogens is 208 g/mol. The topological polar surface area (TPSA) is 15.3 Å². The fraction of sp³-hybridized carbons (Fsp3) is 1.00. The van der Waals surface area contributed by atoms with Crippen LogP contribution in [0.5, 0.6) is 0 Å². The van der Waals surface area contributed by atoms with Gasteiger partial charge in [0.05, 0.1) is 0 Å². The first-order chi connectivity index (χ1) is 7.88.